The van der Waals surface area contributed by atoms with Crippen LogP contribution in [0.5, 0.6) is 5.88 Å². The minimum absolute atomic E-state index is 0.575. The normalized spacial score (nSPS) is 10.2. The Morgan fingerprint density at radius 1 is 1.39 bits per heavy atom. The van der Waals surface area contributed by atoms with Crippen molar-refractivity contribution >= 4 is 33.2 Å². The average molecular weight is 328 g/mol. The minimum Gasteiger partial charge on any atom is -0.480 e. The van der Waals surface area contributed by atoms with Gasteiger partial charge in [0, 0.05) is 22.2 Å². The van der Waals surface area contributed by atoms with Gasteiger partial charge in [-0.15, -0.1) is 0 Å². The molecule has 1 aromatic heterocycles. The van der Waals surface area contributed by atoms with Crippen molar-refractivity contribution in [2.24, 2.45) is 0 Å². The van der Waals surface area contributed by atoms with Crippen LogP contribution in [0.15, 0.2) is 41.0 Å². The van der Waals surface area contributed by atoms with Gasteiger partial charge in [0.15, 0.2) is 0 Å². The molecule has 0 aliphatic heterocycles. The van der Waals surface area contributed by atoms with E-state index in [1.165, 1.54) is 0 Å². The van der Waals surface area contributed by atoms with Crippen LogP contribution in [-0.4, -0.2) is 12.1 Å². The Hall–Kier alpha value is -1.26. The highest BCUT2D eigenvalue weighted by Crippen LogP contribution is 2.24. The smallest absolute Gasteiger partial charge is 0.237 e. The Bertz CT molecular complexity index is 548. The van der Waals surface area contributed by atoms with Crippen molar-refractivity contribution < 1.29 is 4.74 Å². The number of aromatic nitrogens is 1. The lowest BCUT2D eigenvalue weighted by molar-refractivity contribution is 0.399. The summed E-state index contributed by atoms with van der Waals surface area (Å²) in [5, 5.41) is 3.98. The standard InChI is InChI=1S/C13H12BrClN2O/c1-18-13-12(3-2-6-16-13)17-8-9-4-5-10(14)7-11(9)15/h2-7,17H,8H2,1H3. The van der Waals surface area contributed by atoms with Crippen molar-refractivity contribution in [2.75, 3.05) is 12.4 Å². The van der Waals surface area contributed by atoms with Gasteiger partial charge in [-0.05, 0) is 29.8 Å². The zero-order valence-electron chi connectivity index (χ0n) is 9.78. The maximum Gasteiger partial charge on any atom is 0.237 e. The summed E-state index contributed by atoms with van der Waals surface area (Å²) in [5.74, 6) is 0.575. The summed E-state index contributed by atoms with van der Waals surface area (Å²) in [6.07, 6.45) is 1.69. The molecule has 2 aromatic rings. The van der Waals surface area contributed by atoms with Gasteiger partial charge in [0.2, 0.25) is 5.88 Å². The lowest BCUT2D eigenvalue weighted by Crippen LogP contribution is -2.02. The van der Waals surface area contributed by atoms with E-state index < -0.39 is 0 Å². The first-order chi connectivity index (χ1) is 8.70. The number of ether oxygens (including phenoxy) is 1. The quantitative estimate of drug-likeness (QED) is 0.917. The van der Waals surface area contributed by atoms with Gasteiger partial charge in [0.25, 0.3) is 0 Å². The summed E-state index contributed by atoms with van der Waals surface area (Å²) in [7, 11) is 1.60. The first-order valence-corrected chi connectivity index (χ1v) is 6.54. The van der Waals surface area contributed by atoms with Crippen LogP contribution in [0.25, 0.3) is 0 Å². The number of nitrogens with zero attached hydrogens (tertiary/aromatic N) is 1. The van der Waals surface area contributed by atoms with Crippen molar-refractivity contribution in [3.05, 3.63) is 51.6 Å². The van der Waals surface area contributed by atoms with Gasteiger partial charge in [-0.1, -0.05) is 33.6 Å². The fourth-order valence-corrected chi connectivity index (χ4v) is 2.28. The second-order valence-electron chi connectivity index (χ2n) is 3.65. The summed E-state index contributed by atoms with van der Waals surface area (Å²) in [6, 6.07) is 9.58. The van der Waals surface area contributed by atoms with Crippen molar-refractivity contribution in [3.8, 4) is 5.88 Å². The Morgan fingerprint density at radius 2 is 2.22 bits per heavy atom. The molecule has 0 aliphatic rings. The lowest BCUT2D eigenvalue weighted by Gasteiger charge is -2.10. The Kier molecular flexibility index (Phi) is 4.44. The summed E-state index contributed by atoms with van der Waals surface area (Å²) < 4.78 is 6.14. The number of nitrogens with one attached hydrogen (secondary N) is 1. The van der Waals surface area contributed by atoms with E-state index in [9.17, 15) is 0 Å². The molecular weight excluding hydrogens is 316 g/mol. The topological polar surface area (TPSA) is 34.1 Å². The number of hydrogen-bond acceptors (Lipinski definition) is 3. The number of pyridine rings is 1. The Labute approximate surface area is 119 Å². The molecule has 0 saturated carbocycles. The van der Waals surface area contributed by atoms with E-state index in [-0.39, 0.29) is 0 Å². The second-order valence-corrected chi connectivity index (χ2v) is 4.97. The molecule has 0 amide bonds. The summed E-state index contributed by atoms with van der Waals surface area (Å²) >= 11 is 9.53. The van der Waals surface area contributed by atoms with E-state index in [0.717, 1.165) is 20.7 Å². The third kappa shape index (κ3) is 3.15. The third-order valence-electron chi connectivity index (χ3n) is 2.45. The number of benzene rings is 1. The molecule has 0 fully saturated rings. The first kappa shape index (κ1) is 13.2. The molecule has 18 heavy (non-hydrogen) atoms. The van der Waals surface area contributed by atoms with E-state index in [1.54, 1.807) is 13.3 Å². The molecule has 94 valence electrons. The number of rotatable bonds is 4. The van der Waals surface area contributed by atoms with Crippen LogP contribution in [-0.2, 0) is 6.54 Å². The zero-order valence-corrected chi connectivity index (χ0v) is 12.1. The van der Waals surface area contributed by atoms with Crippen LogP contribution in [0.1, 0.15) is 5.56 Å². The van der Waals surface area contributed by atoms with E-state index >= 15 is 0 Å². The molecule has 2 rings (SSSR count). The molecule has 1 aromatic carbocycles. The highest BCUT2D eigenvalue weighted by molar-refractivity contribution is 9.10. The molecular formula is C13H12BrClN2O. The van der Waals surface area contributed by atoms with Crippen molar-refractivity contribution in [3.63, 3.8) is 0 Å². The molecule has 0 aliphatic carbocycles. The highest BCUT2D eigenvalue weighted by atomic mass is 79.9. The molecule has 0 bridgehead atoms. The van der Waals surface area contributed by atoms with E-state index in [4.69, 9.17) is 16.3 Å². The first-order valence-electron chi connectivity index (χ1n) is 5.37. The van der Waals surface area contributed by atoms with Crippen LogP contribution in [0.3, 0.4) is 0 Å². The molecule has 0 atom stereocenters. The van der Waals surface area contributed by atoms with Gasteiger partial charge in [0.05, 0.1) is 12.8 Å². The molecule has 0 radical (unpaired) electrons. The molecule has 0 saturated heterocycles. The molecule has 0 spiro atoms. The maximum absolute atomic E-state index is 6.15. The van der Waals surface area contributed by atoms with Gasteiger partial charge in [0.1, 0.15) is 0 Å². The lowest BCUT2D eigenvalue weighted by atomic mass is 10.2. The SMILES string of the molecule is COc1ncccc1NCc1ccc(Br)cc1Cl. The average Bonchev–Trinajstić information content (AvgIpc) is 2.38. The van der Waals surface area contributed by atoms with Gasteiger partial charge >= 0.3 is 0 Å². The highest BCUT2D eigenvalue weighted by Gasteiger charge is 2.05. The van der Waals surface area contributed by atoms with E-state index in [0.29, 0.717) is 12.4 Å². The van der Waals surface area contributed by atoms with Crippen LogP contribution in [0.4, 0.5) is 5.69 Å². The van der Waals surface area contributed by atoms with Crippen LogP contribution < -0.4 is 10.1 Å². The fraction of sp³-hybridized carbons (Fsp3) is 0.154. The summed E-state index contributed by atoms with van der Waals surface area (Å²) in [4.78, 5) is 4.12. The maximum atomic E-state index is 6.15. The van der Waals surface area contributed by atoms with Gasteiger partial charge in [-0.3, -0.25) is 0 Å². The van der Waals surface area contributed by atoms with Gasteiger partial charge in [-0.25, -0.2) is 4.98 Å². The van der Waals surface area contributed by atoms with E-state index in [2.05, 4.69) is 26.2 Å². The van der Waals surface area contributed by atoms with Crippen molar-refractivity contribution in [1.29, 1.82) is 0 Å². The number of hydrogen-bond donors (Lipinski definition) is 1. The summed E-state index contributed by atoms with van der Waals surface area (Å²) in [6.45, 7) is 0.619. The largest absolute Gasteiger partial charge is 0.480 e. The van der Waals surface area contributed by atoms with Crippen LogP contribution in [0.2, 0.25) is 5.02 Å². The Balaban J connectivity index is 2.11. The predicted molar refractivity (Wildman–Crippen MR) is 77.3 cm³/mol. The monoisotopic (exact) mass is 326 g/mol. The van der Waals surface area contributed by atoms with Gasteiger partial charge in [-0.2, -0.15) is 0 Å². The molecule has 5 heteroatoms. The number of methoxy groups -OCH3 is 1. The van der Waals surface area contributed by atoms with E-state index in [1.807, 2.05) is 30.3 Å². The summed E-state index contributed by atoms with van der Waals surface area (Å²) in [5.41, 5.74) is 1.87. The number of anilines is 1. The van der Waals surface area contributed by atoms with Crippen molar-refractivity contribution in [2.45, 2.75) is 6.54 Å². The molecule has 0 unspecified atom stereocenters. The zero-order chi connectivity index (χ0) is 13.0. The molecule has 1 N–H and O–H groups in total. The Morgan fingerprint density at radius 3 is 2.94 bits per heavy atom. The number of halogens is 2. The van der Waals surface area contributed by atoms with Crippen LogP contribution in [0, 0.1) is 0 Å². The third-order valence-corrected chi connectivity index (χ3v) is 3.29. The fourth-order valence-electron chi connectivity index (χ4n) is 1.54. The predicted octanol–water partition coefficient (Wildman–Crippen LogP) is 4.12. The molecule has 1 heterocycles. The van der Waals surface area contributed by atoms with Gasteiger partial charge < -0.3 is 10.1 Å². The second kappa shape index (κ2) is 6.07. The minimum atomic E-state index is 0.575. The van der Waals surface area contributed by atoms with Crippen LogP contribution >= 0.6 is 27.5 Å². The molecule has 3 nitrogen and oxygen atoms in total. The van der Waals surface area contributed by atoms with Crippen molar-refractivity contribution in [1.82, 2.24) is 4.98 Å².